The monoisotopic (exact) mass is 652 g/mol. The van der Waals surface area contributed by atoms with Crippen molar-refractivity contribution in [2.24, 2.45) is 34.0 Å². The van der Waals surface area contributed by atoms with Gasteiger partial charge in [0.1, 0.15) is 18.0 Å². The van der Waals surface area contributed by atoms with Gasteiger partial charge in [0.05, 0.1) is 12.6 Å². The third kappa shape index (κ3) is 3.75. The minimum atomic E-state index is -1.45. The first kappa shape index (κ1) is 30.9. The SMILES string of the molecule is CC1(C)C2CC(N2O[C@@H]2CCN(C(=O)OCC3c4ccccc4-c4ccccc43)C2)[C@]2(C)[C@H]3CC[C@]4(C)C(=O)CC[C@H]4[C@@H]3CC(=O)[C@@]12O. The summed E-state index contributed by atoms with van der Waals surface area (Å²) in [6, 6.07) is 16.5. The molecule has 2 aromatic rings. The molecule has 2 unspecified atom stereocenters. The number of hydroxylamine groups is 2. The van der Waals surface area contributed by atoms with Crippen molar-refractivity contribution in [2.75, 3.05) is 19.7 Å². The zero-order chi connectivity index (χ0) is 33.4. The summed E-state index contributed by atoms with van der Waals surface area (Å²) in [4.78, 5) is 49.2. The first-order valence-corrected chi connectivity index (χ1v) is 18.2. The van der Waals surface area contributed by atoms with Crippen LogP contribution in [0.15, 0.2) is 48.5 Å². The molecule has 48 heavy (non-hydrogen) atoms. The van der Waals surface area contributed by atoms with Gasteiger partial charge in [-0.15, -0.1) is 0 Å². The normalized spacial score (nSPS) is 40.8. The number of nitrogens with zero attached hydrogens (tertiary/aromatic N) is 2. The van der Waals surface area contributed by atoms with E-state index >= 15 is 0 Å². The second kappa shape index (κ2) is 10.2. The summed E-state index contributed by atoms with van der Waals surface area (Å²) in [5.41, 5.74) is 1.60. The molecule has 4 saturated carbocycles. The first-order chi connectivity index (χ1) is 22.9. The zero-order valence-corrected chi connectivity index (χ0v) is 28.6. The molecule has 9 atom stereocenters. The molecule has 0 aromatic heterocycles. The molecule has 254 valence electrons. The lowest BCUT2D eigenvalue weighted by Crippen LogP contribution is -2.87. The molecule has 2 aliphatic heterocycles. The Morgan fingerprint density at radius 2 is 1.58 bits per heavy atom. The van der Waals surface area contributed by atoms with Crippen LogP contribution in [0.3, 0.4) is 0 Å². The van der Waals surface area contributed by atoms with Crippen LogP contribution in [0.25, 0.3) is 11.1 Å². The molecule has 2 bridgehead atoms. The Morgan fingerprint density at radius 3 is 2.29 bits per heavy atom. The van der Waals surface area contributed by atoms with Crippen LogP contribution >= 0.6 is 0 Å². The Balaban J connectivity index is 0.906. The first-order valence-electron chi connectivity index (χ1n) is 18.2. The van der Waals surface area contributed by atoms with Gasteiger partial charge in [-0.1, -0.05) is 76.2 Å². The van der Waals surface area contributed by atoms with E-state index in [9.17, 15) is 19.5 Å². The molecule has 7 aliphatic rings. The average molecular weight is 653 g/mol. The van der Waals surface area contributed by atoms with Crippen molar-refractivity contribution in [3.63, 3.8) is 0 Å². The Labute approximate surface area is 283 Å². The number of aliphatic hydroxyl groups is 1. The standard InChI is InChI=1S/C40H48N2O6/c1-37(2)32-20-33(39(4)31-15-17-38(3)30(13-14-34(38)43)28(31)19-35(44)40(37,39)46)42(32)48-23-16-18-41(21-23)36(45)47-22-29-26-11-7-5-9-24(26)25-10-6-8-12-27(25)29/h5-12,23,28-33,46H,13-22H2,1-4H3/t23-,28+,30+,31+,32?,33?,38+,39+,40-/m1/s1. The molecule has 8 heteroatoms. The maximum absolute atomic E-state index is 14.2. The second-order valence-corrected chi connectivity index (χ2v) is 17.0. The number of benzene rings is 2. The number of hydrogen-bond acceptors (Lipinski definition) is 7. The topological polar surface area (TPSA) is 96.4 Å². The Kier molecular flexibility index (Phi) is 6.60. The van der Waals surface area contributed by atoms with Crippen LogP contribution < -0.4 is 0 Å². The summed E-state index contributed by atoms with van der Waals surface area (Å²) >= 11 is 0. The van der Waals surface area contributed by atoms with Crippen LogP contribution in [0.2, 0.25) is 0 Å². The molecule has 1 amide bonds. The number of likely N-dealkylation sites (tertiary alicyclic amines) is 1. The van der Waals surface area contributed by atoms with Crippen LogP contribution in [0, 0.1) is 34.0 Å². The number of carbonyl (C=O) groups is 3. The lowest BCUT2D eigenvalue weighted by atomic mass is 9.35. The van der Waals surface area contributed by atoms with E-state index in [-0.39, 0.29) is 59.2 Å². The molecule has 5 aliphatic carbocycles. The molecule has 0 radical (unpaired) electrons. The number of hydrogen-bond donors (Lipinski definition) is 1. The number of rotatable bonds is 4. The highest BCUT2D eigenvalue weighted by atomic mass is 16.7. The van der Waals surface area contributed by atoms with E-state index < -0.39 is 16.4 Å². The van der Waals surface area contributed by atoms with Crippen LogP contribution in [-0.2, 0) is 19.2 Å². The highest BCUT2D eigenvalue weighted by Crippen LogP contribution is 2.73. The molecule has 2 saturated heterocycles. The fourth-order valence-corrected chi connectivity index (χ4v) is 12.4. The average Bonchev–Trinajstić information content (AvgIpc) is 3.74. The Morgan fingerprint density at radius 1 is 0.896 bits per heavy atom. The van der Waals surface area contributed by atoms with E-state index in [0.717, 1.165) is 25.7 Å². The maximum atomic E-state index is 14.2. The second-order valence-electron chi connectivity index (χ2n) is 17.0. The summed E-state index contributed by atoms with van der Waals surface area (Å²) in [5, 5.41) is 14.8. The quantitative estimate of drug-likeness (QED) is 0.424. The van der Waals surface area contributed by atoms with Crippen LogP contribution in [0.1, 0.15) is 89.7 Å². The van der Waals surface area contributed by atoms with Crippen molar-refractivity contribution in [3.05, 3.63) is 59.7 Å². The third-order valence-electron chi connectivity index (χ3n) is 15.0. The number of amides is 1. The van der Waals surface area contributed by atoms with Crippen molar-refractivity contribution in [3.8, 4) is 11.1 Å². The fourth-order valence-electron chi connectivity index (χ4n) is 12.4. The van der Waals surface area contributed by atoms with Gasteiger partial charge in [0.2, 0.25) is 0 Å². The molecule has 2 aromatic carbocycles. The van der Waals surface area contributed by atoms with Crippen LogP contribution in [-0.4, -0.2) is 76.2 Å². The molecule has 8 nitrogen and oxygen atoms in total. The van der Waals surface area contributed by atoms with Gasteiger partial charge in [0.25, 0.3) is 0 Å². The summed E-state index contributed by atoms with van der Waals surface area (Å²) in [7, 11) is 0. The van der Waals surface area contributed by atoms with Gasteiger partial charge < -0.3 is 14.7 Å². The summed E-state index contributed by atoms with van der Waals surface area (Å²) in [6.45, 7) is 9.66. The summed E-state index contributed by atoms with van der Waals surface area (Å²) < 4.78 is 5.97. The Bertz CT molecular complexity index is 1680. The van der Waals surface area contributed by atoms with Gasteiger partial charge in [0.15, 0.2) is 5.78 Å². The van der Waals surface area contributed by atoms with E-state index in [1.807, 2.05) is 26.0 Å². The van der Waals surface area contributed by atoms with Crippen LogP contribution in [0.4, 0.5) is 4.79 Å². The predicted octanol–water partition coefficient (Wildman–Crippen LogP) is 6.15. The minimum absolute atomic E-state index is 0.0141. The zero-order valence-electron chi connectivity index (χ0n) is 28.6. The largest absolute Gasteiger partial charge is 0.448 e. The lowest BCUT2D eigenvalue weighted by molar-refractivity contribution is -0.408. The summed E-state index contributed by atoms with van der Waals surface area (Å²) in [5.74, 6) is 0.769. The Hall–Kier alpha value is -3.07. The van der Waals surface area contributed by atoms with Crippen molar-refractivity contribution < 1.29 is 29.1 Å². The number of Topliss-reactive ketones (excluding diaryl/α,β-unsaturated/α-hetero) is 2. The van der Waals surface area contributed by atoms with Gasteiger partial charge >= 0.3 is 6.09 Å². The summed E-state index contributed by atoms with van der Waals surface area (Å²) in [6.07, 6.45) is 4.57. The van der Waals surface area contributed by atoms with Gasteiger partial charge in [-0.25, -0.2) is 4.79 Å². The molecule has 9 rings (SSSR count). The molecular weight excluding hydrogens is 604 g/mol. The number of carbonyl (C=O) groups excluding carboxylic acids is 3. The van der Waals surface area contributed by atoms with Crippen LogP contribution in [0.5, 0.6) is 0 Å². The molecule has 1 N–H and O–H groups in total. The van der Waals surface area contributed by atoms with E-state index in [4.69, 9.17) is 9.57 Å². The molecule has 6 fully saturated rings. The third-order valence-corrected chi connectivity index (χ3v) is 15.0. The number of ketones is 2. The smallest absolute Gasteiger partial charge is 0.409 e. The van der Waals surface area contributed by atoms with Crippen molar-refractivity contribution >= 4 is 17.7 Å². The minimum Gasteiger partial charge on any atom is -0.448 e. The molecule has 2 heterocycles. The van der Waals surface area contributed by atoms with Crippen molar-refractivity contribution in [1.82, 2.24) is 9.96 Å². The number of fused-ring (bicyclic) bond motifs is 11. The molecular formula is C40H48N2O6. The van der Waals surface area contributed by atoms with E-state index in [1.165, 1.54) is 22.3 Å². The maximum Gasteiger partial charge on any atom is 0.409 e. The van der Waals surface area contributed by atoms with Gasteiger partial charge in [-0.05, 0) is 72.1 Å². The van der Waals surface area contributed by atoms with E-state index in [2.05, 4.69) is 55.3 Å². The highest BCUT2D eigenvalue weighted by Gasteiger charge is 2.81. The van der Waals surface area contributed by atoms with Crippen molar-refractivity contribution in [2.45, 2.75) is 102 Å². The van der Waals surface area contributed by atoms with Gasteiger partial charge in [-0.2, -0.15) is 5.06 Å². The lowest BCUT2D eigenvalue weighted by Gasteiger charge is -2.76. The fraction of sp³-hybridized carbons (Fsp3) is 0.625. The van der Waals surface area contributed by atoms with Crippen molar-refractivity contribution in [1.29, 1.82) is 0 Å². The van der Waals surface area contributed by atoms with Gasteiger partial charge in [-0.3, -0.25) is 14.4 Å². The predicted molar refractivity (Wildman–Crippen MR) is 179 cm³/mol. The number of piperidine rings is 1. The number of ether oxygens (including phenoxy) is 1. The van der Waals surface area contributed by atoms with E-state index in [0.29, 0.717) is 44.7 Å². The van der Waals surface area contributed by atoms with E-state index in [1.54, 1.807) is 4.90 Å². The van der Waals surface area contributed by atoms with Gasteiger partial charge in [0, 0.05) is 53.6 Å². The highest BCUT2D eigenvalue weighted by molar-refractivity contribution is 5.92. The molecule has 0 spiro atoms.